The summed E-state index contributed by atoms with van der Waals surface area (Å²) in [5.74, 6) is 0.512. The Morgan fingerprint density at radius 1 is 0.966 bits per heavy atom. The summed E-state index contributed by atoms with van der Waals surface area (Å²) in [6.45, 7) is 0. The van der Waals surface area contributed by atoms with E-state index in [-0.39, 0.29) is 5.03 Å². The largest absolute Gasteiger partial charge is 0.495 e. The van der Waals surface area contributed by atoms with Crippen LogP contribution < -0.4 is 4.74 Å². The number of imidazole rings is 1. The fourth-order valence-electron chi connectivity index (χ4n) is 3.14. The molecule has 29 heavy (non-hydrogen) atoms. The summed E-state index contributed by atoms with van der Waals surface area (Å²) in [6.07, 6.45) is 9.47. The maximum Gasteiger partial charge on any atom is 0.301 e. The zero-order valence-electron chi connectivity index (χ0n) is 15.5. The molecule has 0 aliphatic carbocycles. The molecule has 0 saturated heterocycles. The molecule has 5 aromatic heterocycles. The first-order chi connectivity index (χ1) is 14.0. The molecule has 5 rings (SSSR count). The molecule has 5 heterocycles. The molecule has 0 N–H and O–H groups in total. The third-order valence-corrected chi connectivity index (χ3v) is 6.18. The second-order valence-corrected chi connectivity index (χ2v) is 8.13. The van der Waals surface area contributed by atoms with E-state index < -0.39 is 10.0 Å². The Balaban J connectivity index is 1.70. The highest BCUT2D eigenvalue weighted by molar-refractivity contribution is 7.90. The predicted octanol–water partition coefficient (Wildman–Crippen LogP) is 1.73. The Morgan fingerprint density at radius 3 is 2.59 bits per heavy atom. The van der Waals surface area contributed by atoms with Crippen molar-refractivity contribution in [2.75, 3.05) is 7.11 Å². The highest BCUT2D eigenvalue weighted by Crippen LogP contribution is 2.25. The molecule has 0 unspecified atom stereocenters. The first-order valence-electron chi connectivity index (χ1n) is 8.57. The lowest BCUT2D eigenvalue weighted by atomic mass is 10.1. The van der Waals surface area contributed by atoms with Crippen molar-refractivity contribution in [2.45, 2.75) is 5.03 Å². The van der Waals surface area contributed by atoms with Gasteiger partial charge in [0.2, 0.25) is 0 Å². The van der Waals surface area contributed by atoms with Gasteiger partial charge < -0.3 is 4.74 Å². The lowest BCUT2D eigenvalue weighted by molar-refractivity contribution is 0.412. The smallest absolute Gasteiger partial charge is 0.301 e. The third-order valence-electron chi connectivity index (χ3n) is 4.60. The van der Waals surface area contributed by atoms with E-state index >= 15 is 0 Å². The van der Waals surface area contributed by atoms with Gasteiger partial charge in [-0.3, -0.25) is 14.1 Å². The number of fused-ring (bicyclic) bond motifs is 2. The molecule has 11 heteroatoms. The normalized spacial score (nSPS) is 12.1. The summed E-state index contributed by atoms with van der Waals surface area (Å²) >= 11 is 0. The van der Waals surface area contributed by atoms with Gasteiger partial charge in [0, 0.05) is 30.6 Å². The van der Waals surface area contributed by atoms with Gasteiger partial charge in [0.1, 0.15) is 22.4 Å². The summed E-state index contributed by atoms with van der Waals surface area (Å²) in [5.41, 5.74) is 2.88. The fourth-order valence-corrected chi connectivity index (χ4v) is 4.48. The molecule has 0 saturated carbocycles. The van der Waals surface area contributed by atoms with E-state index in [9.17, 15) is 8.42 Å². The van der Waals surface area contributed by atoms with Crippen LogP contribution in [-0.4, -0.2) is 48.9 Å². The Hall–Kier alpha value is -3.73. The average molecular weight is 409 g/mol. The van der Waals surface area contributed by atoms with Gasteiger partial charge in [-0.05, 0) is 18.2 Å². The first-order valence-corrected chi connectivity index (χ1v) is 10.0. The van der Waals surface area contributed by atoms with Crippen molar-refractivity contribution in [1.29, 1.82) is 0 Å². The fraction of sp³-hybridized carbons (Fsp3) is 0.111. The molecule has 0 spiro atoms. The van der Waals surface area contributed by atoms with E-state index in [0.717, 1.165) is 15.2 Å². The van der Waals surface area contributed by atoms with Crippen molar-refractivity contribution in [3.8, 4) is 16.9 Å². The molecule has 10 nitrogen and oxygen atoms in total. The Kier molecular flexibility index (Phi) is 3.68. The van der Waals surface area contributed by atoms with E-state index in [4.69, 9.17) is 4.74 Å². The topological polar surface area (TPSA) is 109 Å². The number of ether oxygens (including phenoxy) is 1. The van der Waals surface area contributed by atoms with Crippen molar-refractivity contribution in [2.24, 2.45) is 7.05 Å². The molecule has 0 aliphatic rings. The lowest BCUT2D eigenvalue weighted by Gasteiger charge is -2.07. The van der Waals surface area contributed by atoms with E-state index in [2.05, 4.69) is 20.2 Å². The number of aromatic nitrogens is 7. The van der Waals surface area contributed by atoms with Gasteiger partial charge >= 0.3 is 10.0 Å². The summed E-state index contributed by atoms with van der Waals surface area (Å²) in [5, 5.41) is 8.21. The maximum atomic E-state index is 13.4. The quantitative estimate of drug-likeness (QED) is 0.445. The maximum absolute atomic E-state index is 13.4. The SMILES string of the molecule is COc1ccc2ncc(S(=O)(=O)n3ncc4ncc(-c5cnn(C)c5)cc43)n2c1. The van der Waals surface area contributed by atoms with Crippen LogP contribution in [0.15, 0.2) is 60.4 Å². The van der Waals surface area contributed by atoms with Gasteiger partial charge in [-0.15, -0.1) is 0 Å². The van der Waals surface area contributed by atoms with Crippen molar-refractivity contribution in [3.63, 3.8) is 0 Å². The molecule has 0 atom stereocenters. The Labute approximate surface area is 165 Å². The van der Waals surface area contributed by atoms with Crippen LogP contribution in [0.4, 0.5) is 0 Å². The Morgan fingerprint density at radius 2 is 1.83 bits per heavy atom. The second-order valence-electron chi connectivity index (χ2n) is 6.42. The number of aryl methyl sites for hydroxylation is 1. The zero-order valence-corrected chi connectivity index (χ0v) is 16.3. The minimum Gasteiger partial charge on any atom is -0.495 e. The predicted molar refractivity (Wildman–Crippen MR) is 104 cm³/mol. The van der Waals surface area contributed by atoms with Crippen LogP contribution >= 0.6 is 0 Å². The van der Waals surface area contributed by atoms with Crippen LogP contribution in [0.1, 0.15) is 0 Å². The molecule has 5 aromatic rings. The molecule has 0 fully saturated rings. The average Bonchev–Trinajstić information content (AvgIpc) is 3.44. The third kappa shape index (κ3) is 2.66. The number of pyridine rings is 2. The number of hydrogen-bond acceptors (Lipinski definition) is 7. The minimum atomic E-state index is -4.03. The van der Waals surface area contributed by atoms with Crippen LogP contribution in [0.5, 0.6) is 5.75 Å². The van der Waals surface area contributed by atoms with Crippen LogP contribution in [0.3, 0.4) is 0 Å². The van der Waals surface area contributed by atoms with Gasteiger partial charge in [0.25, 0.3) is 0 Å². The number of rotatable bonds is 4. The van der Waals surface area contributed by atoms with Gasteiger partial charge in [-0.2, -0.15) is 22.7 Å². The highest BCUT2D eigenvalue weighted by atomic mass is 32.2. The van der Waals surface area contributed by atoms with Crippen LogP contribution in [0.25, 0.3) is 27.8 Å². The summed E-state index contributed by atoms with van der Waals surface area (Å²) in [4.78, 5) is 8.52. The molecule has 0 amide bonds. The van der Waals surface area contributed by atoms with E-state index in [1.807, 2.05) is 13.2 Å². The van der Waals surface area contributed by atoms with Gasteiger partial charge in [0.05, 0.1) is 31.9 Å². The Bertz CT molecular complexity index is 1480. The first kappa shape index (κ1) is 17.4. The van der Waals surface area contributed by atoms with Crippen LogP contribution in [0.2, 0.25) is 0 Å². The monoisotopic (exact) mass is 409 g/mol. The van der Waals surface area contributed by atoms with E-state index in [0.29, 0.717) is 22.4 Å². The van der Waals surface area contributed by atoms with Crippen molar-refractivity contribution in [3.05, 3.63) is 55.4 Å². The lowest BCUT2D eigenvalue weighted by Crippen LogP contribution is -2.16. The number of nitrogens with zero attached hydrogens (tertiary/aromatic N) is 7. The van der Waals surface area contributed by atoms with Crippen LogP contribution in [0, 0.1) is 0 Å². The molecule has 0 aromatic carbocycles. The zero-order chi connectivity index (χ0) is 20.2. The molecular formula is C18H15N7O3S. The molecule has 0 bridgehead atoms. The molecule has 0 radical (unpaired) electrons. The standard InChI is InChI=1S/C18H15N7O3S/c1-23-10-13(7-21-23)12-5-16-15(19-6-12)8-22-25(16)29(26,27)18-9-20-17-4-3-14(28-2)11-24(17)18/h3-11H,1-2H3. The van der Waals surface area contributed by atoms with Crippen LogP contribution in [-0.2, 0) is 17.1 Å². The molecular weight excluding hydrogens is 394 g/mol. The number of hydrogen-bond donors (Lipinski definition) is 0. The summed E-state index contributed by atoms with van der Waals surface area (Å²) in [6, 6.07) is 5.13. The second kappa shape index (κ2) is 6.14. The van der Waals surface area contributed by atoms with E-state index in [1.165, 1.54) is 23.9 Å². The molecule has 146 valence electrons. The van der Waals surface area contributed by atoms with Crippen molar-refractivity contribution >= 4 is 26.7 Å². The van der Waals surface area contributed by atoms with Gasteiger partial charge in [-0.1, -0.05) is 0 Å². The molecule has 0 aliphatic heterocycles. The highest BCUT2D eigenvalue weighted by Gasteiger charge is 2.25. The van der Waals surface area contributed by atoms with E-state index in [1.54, 1.807) is 41.5 Å². The van der Waals surface area contributed by atoms with Crippen molar-refractivity contribution in [1.82, 2.24) is 33.3 Å². The van der Waals surface area contributed by atoms with Crippen molar-refractivity contribution < 1.29 is 13.2 Å². The summed E-state index contributed by atoms with van der Waals surface area (Å²) < 4.78 is 36.1. The number of methoxy groups -OCH3 is 1. The van der Waals surface area contributed by atoms with Gasteiger partial charge in [0.15, 0.2) is 5.03 Å². The summed E-state index contributed by atoms with van der Waals surface area (Å²) in [7, 11) is -0.713. The van der Waals surface area contributed by atoms with Gasteiger partial charge in [-0.25, -0.2) is 4.98 Å². The minimum absolute atomic E-state index is 0.0248.